The number of halogens is 6. The van der Waals surface area contributed by atoms with Gasteiger partial charge in [-0.15, -0.1) is 0 Å². The van der Waals surface area contributed by atoms with Crippen molar-refractivity contribution in [2.24, 2.45) is 0 Å². The summed E-state index contributed by atoms with van der Waals surface area (Å²) in [6.45, 7) is 0. The molecule has 0 amide bonds. The molecule has 2 rings (SSSR count). The molecular weight excluding hydrogens is 259 g/mol. The first kappa shape index (κ1) is 11.0. The van der Waals surface area contributed by atoms with Crippen LogP contribution in [0.25, 0.3) is 0 Å². The molecule has 0 bridgehead atoms. The zero-order valence-corrected chi connectivity index (χ0v) is 8.34. The van der Waals surface area contributed by atoms with Crippen molar-refractivity contribution < 1.29 is 22.3 Å². The molecule has 0 aromatic heterocycles. The normalized spacial score (nSPS) is 21.5. The maximum atomic E-state index is 12.9. The Morgan fingerprint density at radius 1 is 0.867 bits per heavy atom. The molecule has 0 atom stereocenters. The van der Waals surface area contributed by atoms with Crippen LogP contribution in [0.2, 0.25) is 10.0 Å². The van der Waals surface area contributed by atoms with E-state index in [2.05, 4.69) is 4.74 Å². The molecule has 1 aromatic carbocycles. The van der Waals surface area contributed by atoms with Gasteiger partial charge in [0.15, 0.2) is 0 Å². The van der Waals surface area contributed by atoms with E-state index in [1.807, 2.05) is 0 Å². The van der Waals surface area contributed by atoms with Crippen LogP contribution in [0.1, 0.15) is 11.1 Å². The first-order valence-electron chi connectivity index (χ1n) is 3.70. The number of alkyl halides is 4. The van der Waals surface area contributed by atoms with Crippen LogP contribution in [0.5, 0.6) is 0 Å². The molecule has 0 radical (unpaired) electrons. The summed E-state index contributed by atoms with van der Waals surface area (Å²) >= 11 is 10.9. The van der Waals surface area contributed by atoms with Gasteiger partial charge in [0.2, 0.25) is 0 Å². The van der Waals surface area contributed by atoms with Gasteiger partial charge in [-0.25, -0.2) is 4.74 Å². The molecule has 0 saturated heterocycles. The average molecular weight is 261 g/mol. The third kappa shape index (κ3) is 1.58. The van der Waals surface area contributed by atoms with Crippen LogP contribution in [0, 0.1) is 0 Å². The maximum absolute atomic E-state index is 12.9. The van der Waals surface area contributed by atoms with Gasteiger partial charge in [-0.2, -0.15) is 17.6 Å². The second-order valence-electron chi connectivity index (χ2n) is 2.95. The number of fused-ring (bicyclic) bond motifs is 1. The van der Waals surface area contributed by atoms with Crippen molar-refractivity contribution in [2.45, 2.75) is 12.2 Å². The number of benzene rings is 1. The summed E-state index contributed by atoms with van der Waals surface area (Å²) in [4.78, 5) is 0. The van der Waals surface area contributed by atoms with Crippen LogP contribution in [0.4, 0.5) is 17.6 Å². The summed E-state index contributed by atoms with van der Waals surface area (Å²) in [5.74, 6) is 0. The molecule has 0 N–H and O–H groups in total. The molecule has 15 heavy (non-hydrogen) atoms. The fourth-order valence-corrected chi connectivity index (χ4v) is 1.63. The highest BCUT2D eigenvalue weighted by Crippen LogP contribution is 2.52. The van der Waals surface area contributed by atoms with E-state index in [4.69, 9.17) is 23.2 Å². The van der Waals surface area contributed by atoms with Crippen molar-refractivity contribution >= 4 is 23.2 Å². The van der Waals surface area contributed by atoms with Gasteiger partial charge >= 0.3 is 12.2 Å². The quantitative estimate of drug-likeness (QED) is 0.638. The smallest absolute Gasteiger partial charge is 0.247 e. The van der Waals surface area contributed by atoms with E-state index >= 15 is 0 Å². The van der Waals surface area contributed by atoms with Gasteiger partial charge in [-0.05, 0) is 12.1 Å². The molecule has 1 aliphatic heterocycles. The molecule has 7 heteroatoms. The van der Waals surface area contributed by atoms with Crippen LogP contribution in [0.15, 0.2) is 12.1 Å². The Morgan fingerprint density at radius 2 is 1.20 bits per heavy atom. The minimum absolute atomic E-state index is 0.226. The predicted octanol–water partition coefficient (Wildman–Crippen LogP) is 4.12. The topological polar surface area (TPSA) is 9.23 Å². The number of hydrogen-bond donors (Lipinski definition) is 0. The number of ether oxygens (including phenoxy) is 1. The summed E-state index contributed by atoms with van der Waals surface area (Å²) in [7, 11) is 0. The van der Waals surface area contributed by atoms with E-state index in [1.165, 1.54) is 0 Å². The largest absolute Gasteiger partial charge is 0.388 e. The Morgan fingerprint density at radius 3 is 1.53 bits per heavy atom. The summed E-state index contributed by atoms with van der Waals surface area (Å²) in [5, 5.41) is -0.451. The minimum Gasteiger partial charge on any atom is -0.247 e. The fraction of sp³-hybridized carbons (Fsp3) is 0.250. The number of rotatable bonds is 0. The Kier molecular flexibility index (Phi) is 2.19. The fourth-order valence-electron chi connectivity index (χ4n) is 1.30. The Bertz CT molecular complexity index is 394. The van der Waals surface area contributed by atoms with Crippen molar-refractivity contribution in [1.82, 2.24) is 0 Å². The standard InChI is InChI=1S/C8H2Cl2F4O/c9-5-1-3-4(2-6(5)10)8(13,14)15-7(3,11)12/h1-2H. The third-order valence-electron chi connectivity index (χ3n) is 1.94. The SMILES string of the molecule is FC1(F)OC(F)(F)c2cc(Cl)c(Cl)cc21. The van der Waals surface area contributed by atoms with Crippen molar-refractivity contribution in [3.8, 4) is 0 Å². The van der Waals surface area contributed by atoms with Crippen LogP contribution >= 0.6 is 23.2 Å². The molecule has 82 valence electrons. The Hall–Kier alpha value is -0.520. The molecule has 1 nitrogen and oxygen atoms in total. The third-order valence-corrected chi connectivity index (χ3v) is 2.67. The van der Waals surface area contributed by atoms with E-state index in [0.717, 1.165) is 0 Å². The molecule has 0 saturated carbocycles. The van der Waals surface area contributed by atoms with Gasteiger partial charge in [0.25, 0.3) is 0 Å². The predicted molar refractivity (Wildman–Crippen MR) is 45.3 cm³/mol. The van der Waals surface area contributed by atoms with Gasteiger partial charge in [0.05, 0.1) is 21.2 Å². The molecule has 1 aliphatic rings. The summed E-state index contributed by atoms with van der Waals surface area (Å²) in [6, 6.07) is 1.36. The lowest BCUT2D eigenvalue weighted by Crippen LogP contribution is -2.17. The molecule has 0 unspecified atom stereocenters. The minimum atomic E-state index is -4.05. The van der Waals surface area contributed by atoms with Gasteiger partial charge < -0.3 is 0 Å². The lowest BCUT2D eigenvalue weighted by Gasteiger charge is -2.10. The van der Waals surface area contributed by atoms with E-state index in [9.17, 15) is 17.6 Å². The van der Waals surface area contributed by atoms with Gasteiger partial charge in [-0.1, -0.05) is 23.2 Å². The molecule has 1 heterocycles. The Balaban J connectivity index is 2.71. The zero-order valence-electron chi connectivity index (χ0n) is 6.83. The molecule has 0 spiro atoms. The zero-order chi connectivity index (χ0) is 11.4. The highest BCUT2D eigenvalue weighted by molar-refractivity contribution is 6.42. The second kappa shape index (κ2) is 2.99. The molecule has 0 aliphatic carbocycles. The van der Waals surface area contributed by atoms with Crippen molar-refractivity contribution in [3.05, 3.63) is 33.3 Å². The van der Waals surface area contributed by atoms with E-state index < -0.39 is 23.3 Å². The highest BCUT2D eigenvalue weighted by Gasteiger charge is 2.57. The van der Waals surface area contributed by atoms with Crippen LogP contribution in [-0.4, -0.2) is 0 Å². The molecule has 0 fully saturated rings. The van der Waals surface area contributed by atoms with Crippen molar-refractivity contribution in [1.29, 1.82) is 0 Å². The summed E-state index contributed by atoms with van der Waals surface area (Å²) in [6.07, 6.45) is -8.10. The molecular formula is C8H2Cl2F4O. The summed E-state index contributed by atoms with van der Waals surface area (Å²) < 4.78 is 55.1. The van der Waals surface area contributed by atoms with Gasteiger partial charge in [0, 0.05) is 0 Å². The van der Waals surface area contributed by atoms with Crippen LogP contribution < -0.4 is 0 Å². The molecule has 1 aromatic rings. The van der Waals surface area contributed by atoms with E-state index in [-0.39, 0.29) is 10.0 Å². The second-order valence-corrected chi connectivity index (χ2v) is 3.76. The maximum Gasteiger partial charge on any atom is 0.388 e. The van der Waals surface area contributed by atoms with Gasteiger partial charge in [0.1, 0.15) is 0 Å². The van der Waals surface area contributed by atoms with Crippen LogP contribution in [0.3, 0.4) is 0 Å². The number of hydrogen-bond acceptors (Lipinski definition) is 1. The lowest BCUT2D eigenvalue weighted by molar-refractivity contribution is -0.369. The summed E-state index contributed by atoms with van der Waals surface area (Å²) in [5.41, 5.74) is -1.91. The Labute approximate surface area is 91.5 Å². The monoisotopic (exact) mass is 260 g/mol. The van der Waals surface area contributed by atoms with Crippen molar-refractivity contribution in [3.63, 3.8) is 0 Å². The lowest BCUT2D eigenvalue weighted by atomic mass is 10.1. The van der Waals surface area contributed by atoms with Crippen molar-refractivity contribution in [2.75, 3.05) is 0 Å². The highest BCUT2D eigenvalue weighted by atomic mass is 35.5. The first-order chi connectivity index (χ1) is 6.74. The van der Waals surface area contributed by atoms with E-state index in [1.54, 1.807) is 0 Å². The van der Waals surface area contributed by atoms with Crippen LogP contribution in [-0.2, 0) is 17.0 Å². The first-order valence-corrected chi connectivity index (χ1v) is 4.45. The average Bonchev–Trinajstić information content (AvgIpc) is 2.21. The van der Waals surface area contributed by atoms with Gasteiger partial charge in [-0.3, -0.25) is 0 Å². The van der Waals surface area contributed by atoms with E-state index in [0.29, 0.717) is 12.1 Å².